The summed E-state index contributed by atoms with van der Waals surface area (Å²) in [5.74, 6) is 0.802. The molecule has 0 fully saturated rings. The van der Waals surface area contributed by atoms with Crippen LogP contribution in [0.3, 0.4) is 0 Å². The second kappa shape index (κ2) is 4.81. The standard InChI is InChI=1S/C12H12N2OS2/c1-7-10(11(13)16)17-12(14-7)8-5-3-4-6-9(8)15-2/h3-6H,1-2H3,(H2,13,16). The van der Waals surface area contributed by atoms with E-state index >= 15 is 0 Å². The Kier molecular flexibility index (Phi) is 3.40. The quantitative estimate of drug-likeness (QED) is 0.866. The van der Waals surface area contributed by atoms with Crippen LogP contribution >= 0.6 is 23.6 Å². The van der Waals surface area contributed by atoms with Gasteiger partial charge in [-0.2, -0.15) is 0 Å². The van der Waals surface area contributed by atoms with Crippen LogP contribution in [0.1, 0.15) is 10.6 Å². The molecule has 0 saturated carbocycles. The fourth-order valence-corrected chi connectivity index (χ4v) is 2.78. The lowest BCUT2D eigenvalue weighted by atomic mass is 10.2. The van der Waals surface area contributed by atoms with Gasteiger partial charge in [0.15, 0.2) is 0 Å². The summed E-state index contributed by atoms with van der Waals surface area (Å²) in [7, 11) is 1.65. The van der Waals surface area contributed by atoms with Crippen LogP contribution in [0.25, 0.3) is 10.6 Å². The van der Waals surface area contributed by atoms with E-state index in [1.165, 1.54) is 11.3 Å². The lowest BCUT2D eigenvalue weighted by Crippen LogP contribution is -2.08. The number of benzene rings is 1. The minimum Gasteiger partial charge on any atom is -0.496 e. The minimum absolute atomic E-state index is 0.390. The zero-order valence-electron chi connectivity index (χ0n) is 9.56. The van der Waals surface area contributed by atoms with Gasteiger partial charge >= 0.3 is 0 Å². The molecule has 0 bridgehead atoms. The van der Waals surface area contributed by atoms with E-state index in [-0.39, 0.29) is 0 Å². The Morgan fingerprint density at radius 3 is 2.71 bits per heavy atom. The van der Waals surface area contributed by atoms with E-state index in [2.05, 4.69) is 4.98 Å². The molecule has 0 aliphatic rings. The third-order valence-corrected chi connectivity index (χ3v) is 3.92. The van der Waals surface area contributed by atoms with Gasteiger partial charge in [0.2, 0.25) is 0 Å². The molecule has 0 atom stereocenters. The summed E-state index contributed by atoms with van der Waals surface area (Å²) in [5, 5.41) is 0.878. The van der Waals surface area contributed by atoms with Crippen molar-refractivity contribution in [1.29, 1.82) is 0 Å². The van der Waals surface area contributed by atoms with Gasteiger partial charge in [-0.1, -0.05) is 24.4 Å². The monoisotopic (exact) mass is 264 g/mol. The van der Waals surface area contributed by atoms with Gasteiger partial charge in [-0.15, -0.1) is 11.3 Å². The molecule has 1 aromatic carbocycles. The number of hydrogen-bond acceptors (Lipinski definition) is 4. The normalized spacial score (nSPS) is 10.2. The number of aryl methyl sites for hydroxylation is 1. The van der Waals surface area contributed by atoms with Crippen molar-refractivity contribution in [1.82, 2.24) is 4.98 Å². The Labute approximate surface area is 109 Å². The van der Waals surface area contributed by atoms with Crippen molar-refractivity contribution in [2.45, 2.75) is 6.92 Å². The van der Waals surface area contributed by atoms with Gasteiger partial charge in [0.05, 0.1) is 23.2 Å². The molecule has 2 rings (SSSR count). The third-order valence-electron chi connectivity index (χ3n) is 2.36. The number of aromatic nitrogens is 1. The van der Waals surface area contributed by atoms with Gasteiger partial charge in [-0.05, 0) is 19.1 Å². The molecular formula is C12H12N2OS2. The summed E-state index contributed by atoms with van der Waals surface area (Å²) in [5.41, 5.74) is 7.47. The Balaban J connectivity index is 2.53. The molecule has 0 radical (unpaired) electrons. The van der Waals surface area contributed by atoms with Crippen molar-refractivity contribution in [3.05, 3.63) is 34.8 Å². The fraction of sp³-hybridized carbons (Fsp3) is 0.167. The first-order chi connectivity index (χ1) is 8.13. The number of nitrogens with zero attached hydrogens (tertiary/aromatic N) is 1. The van der Waals surface area contributed by atoms with Gasteiger partial charge in [-0.3, -0.25) is 0 Å². The third kappa shape index (κ3) is 2.30. The molecule has 2 aromatic rings. The predicted molar refractivity (Wildman–Crippen MR) is 74.7 cm³/mol. The van der Waals surface area contributed by atoms with E-state index in [0.29, 0.717) is 4.99 Å². The summed E-state index contributed by atoms with van der Waals surface area (Å²) in [6, 6.07) is 7.76. The molecule has 5 heteroatoms. The van der Waals surface area contributed by atoms with E-state index in [1.54, 1.807) is 7.11 Å². The minimum atomic E-state index is 0.390. The van der Waals surface area contributed by atoms with Crippen molar-refractivity contribution in [3.63, 3.8) is 0 Å². The maximum absolute atomic E-state index is 5.65. The average molecular weight is 264 g/mol. The van der Waals surface area contributed by atoms with Crippen LogP contribution in [0.5, 0.6) is 5.75 Å². The first-order valence-corrected chi connectivity index (χ1v) is 6.26. The predicted octanol–water partition coefficient (Wildman–Crippen LogP) is 2.76. The molecule has 0 amide bonds. The Morgan fingerprint density at radius 2 is 2.12 bits per heavy atom. The number of ether oxygens (including phenoxy) is 1. The summed E-state index contributed by atoms with van der Waals surface area (Å²) in [4.78, 5) is 5.73. The van der Waals surface area contributed by atoms with E-state index in [1.807, 2.05) is 31.2 Å². The molecule has 0 aliphatic carbocycles. The molecular weight excluding hydrogens is 252 g/mol. The van der Waals surface area contributed by atoms with E-state index in [4.69, 9.17) is 22.7 Å². The zero-order chi connectivity index (χ0) is 12.4. The highest BCUT2D eigenvalue weighted by Gasteiger charge is 2.13. The number of methoxy groups -OCH3 is 1. The molecule has 3 nitrogen and oxygen atoms in total. The van der Waals surface area contributed by atoms with Crippen LogP contribution in [0, 0.1) is 6.92 Å². The number of nitrogens with two attached hydrogens (primary N) is 1. The van der Waals surface area contributed by atoms with Crippen molar-refractivity contribution in [2.24, 2.45) is 5.73 Å². The number of rotatable bonds is 3. The van der Waals surface area contributed by atoms with E-state index in [9.17, 15) is 0 Å². The van der Waals surface area contributed by atoms with Gasteiger partial charge in [0.1, 0.15) is 15.7 Å². The van der Waals surface area contributed by atoms with Crippen LogP contribution in [0.2, 0.25) is 0 Å². The highest BCUT2D eigenvalue weighted by Crippen LogP contribution is 2.33. The Hall–Kier alpha value is -1.46. The lowest BCUT2D eigenvalue weighted by molar-refractivity contribution is 0.416. The maximum atomic E-state index is 5.65. The van der Waals surface area contributed by atoms with Gasteiger partial charge in [0, 0.05) is 0 Å². The van der Waals surface area contributed by atoms with E-state index < -0.39 is 0 Å². The van der Waals surface area contributed by atoms with Crippen LogP contribution in [-0.4, -0.2) is 17.1 Å². The highest BCUT2D eigenvalue weighted by molar-refractivity contribution is 7.81. The van der Waals surface area contributed by atoms with Crippen molar-refractivity contribution in [2.75, 3.05) is 7.11 Å². The van der Waals surface area contributed by atoms with Gasteiger partial charge < -0.3 is 10.5 Å². The number of hydrogen-bond donors (Lipinski definition) is 1. The first kappa shape index (κ1) is 12.0. The summed E-state index contributed by atoms with van der Waals surface area (Å²) in [6.45, 7) is 1.91. The molecule has 1 heterocycles. The molecule has 2 N–H and O–H groups in total. The second-order valence-electron chi connectivity index (χ2n) is 3.50. The largest absolute Gasteiger partial charge is 0.496 e. The van der Waals surface area contributed by atoms with Crippen molar-refractivity contribution in [3.8, 4) is 16.3 Å². The van der Waals surface area contributed by atoms with Gasteiger partial charge in [-0.25, -0.2) is 4.98 Å². The first-order valence-electron chi connectivity index (χ1n) is 5.04. The summed E-state index contributed by atoms with van der Waals surface area (Å²) >= 11 is 6.48. The molecule has 17 heavy (non-hydrogen) atoms. The topological polar surface area (TPSA) is 48.1 Å². The number of para-hydroxylation sites is 1. The Morgan fingerprint density at radius 1 is 1.41 bits per heavy atom. The summed E-state index contributed by atoms with van der Waals surface area (Å²) in [6.07, 6.45) is 0. The van der Waals surface area contributed by atoms with Crippen LogP contribution in [-0.2, 0) is 0 Å². The van der Waals surface area contributed by atoms with Crippen molar-refractivity contribution >= 4 is 28.5 Å². The zero-order valence-corrected chi connectivity index (χ0v) is 11.2. The Bertz CT molecular complexity index is 563. The number of thiazole rings is 1. The highest BCUT2D eigenvalue weighted by atomic mass is 32.1. The molecule has 88 valence electrons. The smallest absolute Gasteiger partial charge is 0.129 e. The number of thiocarbonyl (C=S) groups is 1. The van der Waals surface area contributed by atoms with Gasteiger partial charge in [0.25, 0.3) is 0 Å². The SMILES string of the molecule is COc1ccccc1-c1nc(C)c(C(N)=S)s1. The van der Waals surface area contributed by atoms with Crippen molar-refractivity contribution < 1.29 is 4.74 Å². The maximum Gasteiger partial charge on any atom is 0.129 e. The second-order valence-corrected chi connectivity index (χ2v) is 4.94. The lowest BCUT2D eigenvalue weighted by Gasteiger charge is -2.04. The van der Waals surface area contributed by atoms with Crippen LogP contribution in [0.4, 0.5) is 0 Å². The van der Waals surface area contributed by atoms with Crippen LogP contribution in [0.15, 0.2) is 24.3 Å². The molecule has 0 aliphatic heterocycles. The molecule has 0 saturated heterocycles. The molecule has 0 spiro atoms. The van der Waals surface area contributed by atoms with Crippen LogP contribution < -0.4 is 10.5 Å². The average Bonchev–Trinajstić information content (AvgIpc) is 2.71. The molecule has 1 aromatic heterocycles. The van der Waals surface area contributed by atoms with E-state index in [0.717, 1.165) is 26.9 Å². The fourth-order valence-electron chi connectivity index (χ4n) is 1.56. The summed E-state index contributed by atoms with van der Waals surface area (Å²) < 4.78 is 5.31. The molecule has 0 unspecified atom stereocenters.